The van der Waals surface area contributed by atoms with Crippen molar-refractivity contribution in [3.63, 3.8) is 0 Å². The molecule has 1 rings (SSSR count). The molecule has 0 aromatic heterocycles. The van der Waals surface area contributed by atoms with Crippen molar-refractivity contribution in [3.05, 3.63) is 35.9 Å². The Bertz CT molecular complexity index is 404. The zero-order valence-electron chi connectivity index (χ0n) is 11.7. The number of amides is 2. The van der Waals surface area contributed by atoms with Crippen molar-refractivity contribution in [1.29, 1.82) is 0 Å². The largest absolute Gasteiger partial charge is 0.354 e. The van der Waals surface area contributed by atoms with Crippen LogP contribution in [0.15, 0.2) is 30.3 Å². The van der Waals surface area contributed by atoms with Crippen LogP contribution in [0.2, 0.25) is 0 Å². The van der Waals surface area contributed by atoms with Crippen LogP contribution in [0.25, 0.3) is 0 Å². The molecule has 0 aliphatic rings. The smallest absolute Gasteiger partial charge is 0.219 e. The van der Waals surface area contributed by atoms with Crippen LogP contribution in [0.4, 0.5) is 0 Å². The lowest BCUT2D eigenvalue weighted by atomic mass is 10.1. The SMILES string of the molecule is CCC(=O)NCCN(CCc1ccccc1)C(C)=O. The summed E-state index contributed by atoms with van der Waals surface area (Å²) in [4.78, 5) is 24.4. The highest BCUT2D eigenvalue weighted by molar-refractivity contribution is 5.76. The number of benzene rings is 1. The number of hydrogen-bond donors (Lipinski definition) is 1. The summed E-state index contributed by atoms with van der Waals surface area (Å²) in [6.45, 7) is 5.14. The van der Waals surface area contributed by atoms with E-state index in [0.29, 0.717) is 26.1 Å². The molecule has 4 nitrogen and oxygen atoms in total. The molecule has 19 heavy (non-hydrogen) atoms. The quantitative estimate of drug-likeness (QED) is 0.811. The molecule has 0 saturated heterocycles. The molecule has 0 aliphatic heterocycles. The van der Waals surface area contributed by atoms with Gasteiger partial charge in [-0.15, -0.1) is 0 Å². The number of carbonyl (C=O) groups is 2. The highest BCUT2D eigenvalue weighted by Crippen LogP contribution is 2.01. The molecule has 0 fully saturated rings. The molecule has 2 amide bonds. The fourth-order valence-electron chi connectivity index (χ4n) is 1.79. The fourth-order valence-corrected chi connectivity index (χ4v) is 1.79. The third-order valence-corrected chi connectivity index (χ3v) is 2.98. The first-order chi connectivity index (χ1) is 9.13. The summed E-state index contributed by atoms with van der Waals surface area (Å²) in [6, 6.07) is 10.1. The van der Waals surface area contributed by atoms with Crippen LogP contribution in [0.1, 0.15) is 25.8 Å². The minimum Gasteiger partial charge on any atom is -0.354 e. The summed E-state index contributed by atoms with van der Waals surface area (Å²) in [5, 5.41) is 2.78. The Morgan fingerprint density at radius 1 is 1.16 bits per heavy atom. The van der Waals surface area contributed by atoms with Gasteiger partial charge in [-0.3, -0.25) is 9.59 Å². The highest BCUT2D eigenvalue weighted by Gasteiger charge is 2.08. The number of nitrogens with zero attached hydrogens (tertiary/aromatic N) is 1. The van der Waals surface area contributed by atoms with E-state index in [1.54, 1.807) is 11.8 Å². The van der Waals surface area contributed by atoms with Crippen molar-refractivity contribution < 1.29 is 9.59 Å². The third kappa shape index (κ3) is 6.04. The van der Waals surface area contributed by atoms with Crippen LogP contribution in [0, 0.1) is 0 Å². The maximum Gasteiger partial charge on any atom is 0.219 e. The van der Waals surface area contributed by atoms with E-state index >= 15 is 0 Å². The van der Waals surface area contributed by atoms with Crippen LogP contribution < -0.4 is 5.32 Å². The van der Waals surface area contributed by atoms with Crippen molar-refractivity contribution in [2.75, 3.05) is 19.6 Å². The Morgan fingerprint density at radius 2 is 1.84 bits per heavy atom. The van der Waals surface area contributed by atoms with Gasteiger partial charge in [0.25, 0.3) is 0 Å². The summed E-state index contributed by atoms with van der Waals surface area (Å²) in [5.74, 6) is 0.0632. The van der Waals surface area contributed by atoms with Gasteiger partial charge in [0.05, 0.1) is 0 Å². The van der Waals surface area contributed by atoms with Gasteiger partial charge in [0, 0.05) is 33.0 Å². The van der Waals surface area contributed by atoms with Crippen LogP contribution in [0.3, 0.4) is 0 Å². The molecule has 0 heterocycles. The van der Waals surface area contributed by atoms with E-state index in [4.69, 9.17) is 0 Å². The second kappa shape index (κ2) is 8.29. The maximum atomic E-state index is 11.5. The molecule has 0 bridgehead atoms. The zero-order chi connectivity index (χ0) is 14.1. The number of carbonyl (C=O) groups excluding carboxylic acids is 2. The standard InChI is InChI=1S/C15H22N2O2/c1-3-15(19)16-10-12-17(13(2)18)11-9-14-7-5-4-6-8-14/h4-8H,3,9-12H2,1-2H3,(H,16,19). The molecule has 0 unspecified atom stereocenters. The van der Waals surface area contributed by atoms with Gasteiger partial charge >= 0.3 is 0 Å². The molecule has 4 heteroatoms. The summed E-state index contributed by atoms with van der Waals surface area (Å²) >= 11 is 0. The van der Waals surface area contributed by atoms with E-state index in [1.165, 1.54) is 5.56 Å². The lowest BCUT2D eigenvalue weighted by Crippen LogP contribution is -2.38. The topological polar surface area (TPSA) is 49.4 Å². The van der Waals surface area contributed by atoms with Crippen molar-refractivity contribution >= 4 is 11.8 Å². The monoisotopic (exact) mass is 262 g/mol. The van der Waals surface area contributed by atoms with Gasteiger partial charge < -0.3 is 10.2 Å². The van der Waals surface area contributed by atoms with Gasteiger partial charge in [0.1, 0.15) is 0 Å². The van der Waals surface area contributed by atoms with Crippen molar-refractivity contribution in [3.8, 4) is 0 Å². The molecule has 0 saturated carbocycles. The molecule has 1 aromatic carbocycles. The van der Waals surface area contributed by atoms with Gasteiger partial charge in [-0.05, 0) is 12.0 Å². The Balaban J connectivity index is 2.36. The first-order valence-electron chi connectivity index (χ1n) is 6.69. The molecule has 1 N–H and O–H groups in total. The summed E-state index contributed by atoms with van der Waals surface area (Å²) < 4.78 is 0. The first kappa shape index (κ1) is 15.2. The van der Waals surface area contributed by atoms with Crippen molar-refractivity contribution in [1.82, 2.24) is 10.2 Å². The molecule has 104 valence electrons. The van der Waals surface area contributed by atoms with Gasteiger partial charge in [-0.2, -0.15) is 0 Å². The molecule has 0 aliphatic carbocycles. The lowest BCUT2D eigenvalue weighted by molar-refractivity contribution is -0.129. The van der Waals surface area contributed by atoms with E-state index in [2.05, 4.69) is 17.4 Å². The predicted molar refractivity (Wildman–Crippen MR) is 75.7 cm³/mol. The first-order valence-corrected chi connectivity index (χ1v) is 6.69. The second-order valence-electron chi connectivity index (χ2n) is 4.45. The minimum absolute atomic E-state index is 0.0200. The molecule has 0 spiro atoms. The van der Waals surface area contributed by atoms with Crippen LogP contribution in [-0.4, -0.2) is 36.3 Å². The van der Waals surface area contributed by atoms with E-state index in [1.807, 2.05) is 25.1 Å². The summed E-state index contributed by atoms with van der Waals surface area (Å²) in [7, 11) is 0. The second-order valence-corrected chi connectivity index (χ2v) is 4.45. The highest BCUT2D eigenvalue weighted by atomic mass is 16.2. The third-order valence-electron chi connectivity index (χ3n) is 2.98. The molecular formula is C15H22N2O2. The number of hydrogen-bond acceptors (Lipinski definition) is 2. The van der Waals surface area contributed by atoms with Crippen LogP contribution in [0.5, 0.6) is 0 Å². The zero-order valence-corrected chi connectivity index (χ0v) is 11.7. The Labute approximate surface area is 114 Å². The van der Waals surface area contributed by atoms with E-state index < -0.39 is 0 Å². The molecule has 1 aromatic rings. The van der Waals surface area contributed by atoms with E-state index in [0.717, 1.165) is 6.42 Å². The average Bonchev–Trinajstić information content (AvgIpc) is 2.43. The van der Waals surface area contributed by atoms with Gasteiger partial charge in [-0.25, -0.2) is 0 Å². The van der Waals surface area contributed by atoms with Crippen LogP contribution in [-0.2, 0) is 16.0 Å². The Hall–Kier alpha value is -1.84. The van der Waals surface area contributed by atoms with Gasteiger partial charge in [0.2, 0.25) is 11.8 Å². The molecular weight excluding hydrogens is 240 g/mol. The van der Waals surface area contributed by atoms with E-state index in [-0.39, 0.29) is 11.8 Å². The normalized spacial score (nSPS) is 10.0. The predicted octanol–water partition coefficient (Wildman–Crippen LogP) is 1.60. The summed E-state index contributed by atoms with van der Waals surface area (Å²) in [5.41, 5.74) is 1.21. The van der Waals surface area contributed by atoms with Gasteiger partial charge in [-0.1, -0.05) is 37.3 Å². The Kier molecular flexibility index (Phi) is 6.64. The number of rotatable bonds is 7. The fraction of sp³-hybridized carbons (Fsp3) is 0.467. The maximum absolute atomic E-state index is 11.5. The Morgan fingerprint density at radius 3 is 2.42 bits per heavy atom. The average molecular weight is 262 g/mol. The van der Waals surface area contributed by atoms with Crippen molar-refractivity contribution in [2.45, 2.75) is 26.7 Å². The lowest BCUT2D eigenvalue weighted by Gasteiger charge is -2.21. The van der Waals surface area contributed by atoms with Crippen molar-refractivity contribution in [2.24, 2.45) is 0 Å². The van der Waals surface area contributed by atoms with Crippen LogP contribution >= 0.6 is 0 Å². The number of nitrogens with one attached hydrogen (secondary N) is 1. The summed E-state index contributed by atoms with van der Waals surface area (Å²) in [6.07, 6.45) is 1.31. The van der Waals surface area contributed by atoms with E-state index in [9.17, 15) is 9.59 Å². The molecule has 0 radical (unpaired) electrons. The molecule has 0 atom stereocenters. The minimum atomic E-state index is 0.0200. The van der Waals surface area contributed by atoms with Gasteiger partial charge in [0.15, 0.2) is 0 Å².